The highest BCUT2D eigenvalue weighted by atomic mass is 16.5. The van der Waals surface area contributed by atoms with Gasteiger partial charge >= 0.3 is 0 Å². The second-order valence-electron chi connectivity index (χ2n) is 4.02. The Morgan fingerprint density at radius 1 is 0.850 bits per heavy atom. The quantitative estimate of drug-likeness (QED) is 0.795. The summed E-state index contributed by atoms with van der Waals surface area (Å²) < 4.78 is 15.7. The van der Waals surface area contributed by atoms with Crippen molar-refractivity contribution < 1.29 is 14.2 Å². The molecule has 0 aliphatic carbocycles. The molecule has 5 heteroatoms. The lowest BCUT2D eigenvalue weighted by atomic mass is 10.1. The molecule has 0 N–H and O–H groups in total. The Kier molecular flexibility index (Phi) is 3.89. The third kappa shape index (κ3) is 2.18. The molecule has 104 valence electrons. The number of benzene rings is 1. The van der Waals surface area contributed by atoms with E-state index in [4.69, 9.17) is 14.2 Å². The van der Waals surface area contributed by atoms with Crippen LogP contribution in [0, 0.1) is 0 Å². The fourth-order valence-corrected chi connectivity index (χ4v) is 2.04. The van der Waals surface area contributed by atoms with Gasteiger partial charge in [0.2, 0.25) is 16.6 Å². The Bertz CT molecular complexity index is 768. The average Bonchev–Trinajstić information content (AvgIpc) is 2.47. The van der Waals surface area contributed by atoms with Crippen LogP contribution in [0.5, 0.6) is 17.2 Å². The molecule has 0 aliphatic heterocycles. The topological polar surface area (TPSA) is 61.8 Å². The van der Waals surface area contributed by atoms with Gasteiger partial charge in [-0.15, -0.1) is 0 Å². The molecule has 0 heterocycles. The van der Waals surface area contributed by atoms with Gasteiger partial charge in [-0.3, -0.25) is 9.59 Å². The minimum absolute atomic E-state index is 0.177. The first-order valence-electron chi connectivity index (χ1n) is 5.90. The molecule has 0 spiro atoms. The molecule has 2 aromatic carbocycles. The normalized spacial score (nSPS) is 10.2. The smallest absolute Gasteiger partial charge is 0.237 e. The first kappa shape index (κ1) is 13.9. The second kappa shape index (κ2) is 5.61. The van der Waals surface area contributed by atoms with Crippen LogP contribution in [0.3, 0.4) is 0 Å². The van der Waals surface area contributed by atoms with E-state index in [0.717, 1.165) is 0 Å². The Morgan fingerprint density at radius 2 is 1.50 bits per heavy atom. The van der Waals surface area contributed by atoms with Gasteiger partial charge in [0.05, 0.1) is 26.7 Å². The predicted molar refractivity (Wildman–Crippen MR) is 76.1 cm³/mol. The molecule has 20 heavy (non-hydrogen) atoms. The molecule has 0 saturated carbocycles. The van der Waals surface area contributed by atoms with Gasteiger partial charge in [-0.2, -0.15) is 0 Å². The Balaban J connectivity index is 3.13. The number of hydrogen-bond donors (Lipinski definition) is 0. The van der Waals surface area contributed by atoms with Gasteiger partial charge in [0.25, 0.3) is 0 Å². The van der Waals surface area contributed by atoms with Crippen molar-refractivity contribution in [1.29, 1.82) is 0 Å². The molecule has 0 bridgehead atoms. The SMILES string of the molecule is COc1cc2ccccc(=O)c(=O)c2c(OC)c1OC. The van der Waals surface area contributed by atoms with Crippen LogP contribution < -0.4 is 25.1 Å². The van der Waals surface area contributed by atoms with Gasteiger partial charge in [-0.25, -0.2) is 0 Å². The summed E-state index contributed by atoms with van der Waals surface area (Å²) in [5.41, 5.74) is -1.25. The lowest BCUT2D eigenvalue weighted by Crippen LogP contribution is -2.21. The fourth-order valence-electron chi connectivity index (χ4n) is 2.04. The van der Waals surface area contributed by atoms with Crippen molar-refractivity contribution in [2.75, 3.05) is 21.3 Å². The average molecular weight is 274 g/mol. The molecule has 0 unspecified atom stereocenters. The lowest BCUT2D eigenvalue weighted by Gasteiger charge is -2.13. The summed E-state index contributed by atoms with van der Waals surface area (Å²) >= 11 is 0. The number of methoxy groups -OCH3 is 3. The third-order valence-electron chi connectivity index (χ3n) is 2.95. The van der Waals surface area contributed by atoms with E-state index in [1.54, 1.807) is 18.2 Å². The number of hydrogen-bond acceptors (Lipinski definition) is 5. The Labute approximate surface area is 115 Å². The number of fused-ring (bicyclic) bond motifs is 1. The van der Waals surface area contributed by atoms with Crippen LogP contribution in [0.15, 0.2) is 39.9 Å². The molecule has 2 aromatic rings. The monoisotopic (exact) mass is 274 g/mol. The van der Waals surface area contributed by atoms with Crippen LogP contribution in [0.1, 0.15) is 0 Å². The summed E-state index contributed by atoms with van der Waals surface area (Å²) in [6.07, 6.45) is 0. The first-order valence-corrected chi connectivity index (χ1v) is 5.90. The number of ether oxygens (including phenoxy) is 3. The zero-order chi connectivity index (χ0) is 14.7. The van der Waals surface area contributed by atoms with Gasteiger partial charge in [-0.05, 0) is 17.5 Å². The maximum Gasteiger partial charge on any atom is 0.237 e. The van der Waals surface area contributed by atoms with Gasteiger partial charge in [-0.1, -0.05) is 18.2 Å². The highest BCUT2D eigenvalue weighted by Crippen LogP contribution is 2.41. The summed E-state index contributed by atoms with van der Waals surface area (Å²) in [7, 11) is 4.34. The minimum Gasteiger partial charge on any atom is -0.493 e. The van der Waals surface area contributed by atoms with E-state index in [1.807, 2.05) is 0 Å². The van der Waals surface area contributed by atoms with Crippen molar-refractivity contribution in [1.82, 2.24) is 0 Å². The standard InChI is InChI=1S/C15H14O5/c1-18-11-8-9-6-4-5-7-10(16)13(17)12(9)15(20-3)14(11)19-2/h4-8H,1-3H3. The summed E-state index contributed by atoms with van der Waals surface area (Å²) in [4.78, 5) is 24.0. The van der Waals surface area contributed by atoms with Crippen molar-refractivity contribution in [3.8, 4) is 17.2 Å². The maximum atomic E-state index is 12.2. The van der Waals surface area contributed by atoms with E-state index in [2.05, 4.69) is 0 Å². The van der Waals surface area contributed by atoms with Crippen molar-refractivity contribution in [2.24, 2.45) is 0 Å². The van der Waals surface area contributed by atoms with Crippen LogP contribution in [-0.2, 0) is 0 Å². The zero-order valence-electron chi connectivity index (χ0n) is 11.4. The first-order chi connectivity index (χ1) is 9.63. The molecule has 0 amide bonds. The number of rotatable bonds is 3. The van der Waals surface area contributed by atoms with Crippen LogP contribution in [-0.4, -0.2) is 21.3 Å². The van der Waals surface area contributed by atoms with Gasteiger partial charge in [0.15, 0.2) is 11.5 Å². The molecule has 0 aromatic heterocycles. The summed E-state index contributed by atoms with van der Waals surface area (Å²) in [5, 5.41) is 0.720. The van der Waals surface area contributed by atoms with E-state index in [1.165, 1.54) is 33.5 Å². The Hall–Kier alpha value is -2.56. The highest BCUT2D eigenvalue weighted by Gasteiger charge is 2.17. The summed E-state index contributed by atoms with van der Waals surface area (Å²) in [5.74, 6) is 0.908. The van der Waals surface area contributed by atoms with Crippen LogP contribution >= 0.6 is 0 Å². The lowest BCUT2D eigenvalue weighted by molar-refractivity contribution is 0.327. The van der Waals surface area contributed by atoms with Crippen LogP contribution in [0.4, 0.5) is 0 Å². The molecular formula is C15H14O5. The van der Waals surface area contributed by atoms with E-state index < -0.39 is 10.9 Å². The van der Waals surface area contributed by atoms with Crippen molar-refractivity contribution >= 4 is 10.8 Å². The van der Waals surface area contributed by atoms with E-state index in [9.17, 15) is 9.59 Å². The van der Waals surface area contributed by atoms with E-state index in [0.29, 0.717) is 11.1 Å². The van der Waals surface area contributed by atoms with Gasteiger partial charge < -0.3 is 14.2 Å². The van der Waals surface area contributed by atoms with Crippen LogP contribution in [0.25, 0.3) is 10.8 Å². The maximum absolute atomic E-state index is 12.2. The Morgan fingerprint density at radius 3 is 2.10 bits per heavy atom. The molecule has 2 rings (SSSR count). The van der Waals surface area contributed by atoms with Gasteiger partial charge in [0.1, 0.15) is 0 Å². The summed E-state index contributed by atoms with van der Waals surface area (Å²) in [6.45, 7) is 0. The van der Waals surface area contributed by atoms with E-state index in [-0.39, 0.29) is 16.9 Å². The van der Waals surface area contributed by atoms with E-state index >= 15 is 0 Å². The summed E-state index contributed by atoms with van der Waals surface area (Å²) in [6, 6.07) is 7.76. The van der Waals surface area contributed by atoms with Crippen molar-refractivity contribution in [3.05, 3.63) is 50.8 Å². The van der Waals surface area contributed by atoms with Crippen molar-refractivity contribution in [3.63, 3.8) is 0 Å². The van der Waals surface area contributed by atoms with Crippen molar-refractivity contribution in [2.45, 2.75) is 0 Å². The third-order valence-corrected chi connectivity index (χ3v) is 2.95. The largest absolute Gasteiger partial charge is 0.493 e. The molecule has 0 radical (unpaired) electrons. The van der Waals surface area contributed by atoms with Crippen LogP contribution in [0.2, 0.25) is 0 Å². The molecule has 0 fully saturated rings. The highest BCUT2D eigenvalue weighted by molar-refractivity contribution is 5.92. The molecular weight excluding hydrogens is 260 g/mol. The van der Waals surface area contributed by atoms with Gasteiger partial charge in [0, 0.05) is 0 Å². The molecule has 0 aliphatic rings. The fraction of sp³-hybridized carbons (Fsp3) is 0.200. The predicted octanol–water partition coefficient (Wildman–Crippen LogP) is 1.59. The minimum atomic E-state index is -0.640. The molecule has 0 atom stereocenters. The zero-order valence-corrected chi connectivity index (χ0v) is 11.4. The molecule has 0 saturated heterocycles. The molecule has 5 nitrogen and oxygen atoms in total. The second-order valence-corrected chi connectivity index (χ2v) is 4.02.